The van der Waals surface area contributed by atoms with Crippen molar-refractivity contribution in [1.29, 1.82) is 0 Å². The quantitative estimate of drug-likeness (QED) is 0.653. The van der Waals surface area contributed by atoms with Crippen molar-refractivity contribution in [3.63, 3.8) is 0 Å². The first-order chi connectivity index (χ1) is 11.4. The molecule has 1 aromatic rings. The van der Waals surface area contributed by atoms with Crippen LogP contribution in [0, 0.1) is 5.82 Å². The highest BCUT2D eigenvalue weighted by atomic mass is 32.2. The number of halogens is 1. The van der Waals surface area contributed by atoms with Crippen LogP contribution in [0.2, 0.25) is 0 Å². The Hall–Kier alpha value is -1.99. The number of allylic oxidation sites excluding steroid dienone is 3. The highest BCUT2D eigenvalue weighted by molar-refractivity contribution is 7.89. The van der Waals surface area contributed by atoms with Gasteiger partial charge in [-0.3, -0.25) is 4.79 Å². The van der Waals surface area contributed by atoms with E-state index >= 15 is 0 Å². The Kier molecular flexibility index (Phi) is 6.28. The Balaban J connectivity index is 2.03. The third-order valence-electron chi connectivity index (χ3n) is 3.70. The highest BCUT2D eigenvalue weighted by Gasteiger charge is 2.26. The van der Waals surface area contributed by atoms with Gasteiger partial charge < -0.3 is 4.90 Å². The van der Waals surface area contributed by atoms with Crippen molar-refractivity contribution in [1.82, 2.24) is 9.62 Å². The maximum atomic E-state index is 13.2. The zero-order chi connectivity index (χ0) is 17.6. The lowest BCUT2D eigenvalue weighted by Crippen LogP contribution is -2.49. The van der Waals surface area contributed by atoms with Crippen molar-refractivity contribution in [2.75, 3.05) is 13.1 Å². The summed E-state index contributed by atoms with van der Waals surface area (Å²) in [5.41, 5.74) is 0. The molecule has 1 fully saturated rings. The van der Waals surface area contributed by atoms with Gasteiger partial charge in [-0.05, 0) is 38.0 Å². The molecule has 0 aromatic heterocycles. The number of sulfonamides is 1. The molecule has 7 heteroatoms. The van der Waals surface area contributed by atoms with Crippen molar-refractivity contribution in [2.45, 2.75) is 30.7 Å². The first-order valence-electron chi connectivity index (χ1n) is 7.78. The van der Waals surface area contributed by atoms with Gasteiger partial charge in [0.05, 0.1) is 4.90 Å². The molecule has 130 valence electrons. The van der Waals surface area contributed by atoms with E-state index in [1.54, 1.807) is 17.1 Å². The smallest absolute Gasteiger partial charge is 0.246 e. The lowest BCUT2D eigenvalue weighted by molar-refractivity contribution is -0.127. The van der Waals surface area contributed by atoms with Gasteiger partial charge in [-0.25, -0.2) is 17.5 Å². The largest absolute Gasteiger partial charge is 0.338 e. The molecule has 0 aliphatic carbocycles. The predicted octanol–water partition coefficient (Wildman–Crippen LogP) is 2.23. The summed E-state index contributed by atoms with van der Waals surface area (Å²) in [4.78, 5) is 13.6. The van der Waals surface area contributed by atoms with Crippen LogP contribution < -0.4 is 4.72 Å². The van der Waals surface area contributed by atoms with Crippen LogP contribution in [0.4, 0.5) is 4.39 Å². The number of benzene rings is 1. The lowest BCUT2D eigenvalue weighted by atomic mass is 10.1. The number of hydrogen-bond acceptors (Lipinski definition) is 3. The van der Waals surface area contributed by atoms with Crippen molar-refractivity contribution >= 4 is 15.9 Å². The van der Waals surface area contributed by atoms with Crippen molar-refractivity contribution in [3.05, 3.63) is 54.4 Å². The van der Waals surface area contributed by atoms with Crippen LogP contribution >= 0.6 is 0 Å². The third-order valence-corrected chi connectivity index (χ3v) is 5.22. The molecule has 1 amide bonds. The molecule has 1 aliphatic rings. The number of rotatable bonds is 5. The van der Waals surface area contributed by atoms with Crippen LogP contribution in [-0.4, -0.2) is 38.4 Å². The molecule has 0 spiro atoms. The molecule has 5 nitrogen and oxygen atoms in total. The molecule has 2 rings (SSSR count). The van der Waals surface area contributed by atoms with Crippen LogP contribution in [0.1, 0.15) is 19.8 Å². The fraction of sp³-hybridized carbons (Fsp3) is 0.353. The topological polar surface area (TPSA) is 66.5 Å². The predicted molar refractivity (Wildman–Crippen MR) is 90.3 cm³/mol. The molecule has 1 unspecified atom stereocenters. The second-order valence-corrected chi connectivity index (χ2v) is 7.30. The van der Waals surface area contributed by atoms with E-state index in [-0.39, 0.29) is 16.8 Å². The molecule has 0 radical (unpaired) electrons. The fourth-order valence-electron chi connectivity index (χ4n) is 2.55. The Bertz CT molecular complexity index is 744. The SMILES string of the molecule is CC=CC=CC(=O)N1CCCC(NS(=O)(=O)c2cccc(F)c2)C1. The Morgan fingerprint density at radius 2 is 2.17 bits per heavy atom. The van der Waals surface area contributed by atoms with Crippen LogP contribution in [0.3, 0.4) is 0 Å². The minimum absolute atomic E-state index is 0.112. The molecular weight excluding hydrogens is 331 g/mol. The van der Waals surface area contributed by atoms with Crippen LogP contribution in [0.25, 0.3) is 0 Å². The summed E-state index contributed by atoms with van der Waals surface area (Å²) in [6.45, 7) is 2.75. The first-order valence-corrected chi connectivity index (χ1v) is 9.27. The van der Waals surface area contributed by atoms with Crippen LogP contribution in [0.15, 0.2) is 53.5 Å². The van der Waals surface area contributed by atoms with Gasteiger partial charge in [-0.2, -0.15) is 0 Å². The molecule has 24 heavy (non-hydrogen) atoms. The summed E-state index contributed by atoms with van der Waals surface area (Å²) in [5, 5.41) is 0. The summed E-state index contributed by atoms with van der Waals surface area (Å²) >= 11 is 0. The van der Waals surface area contributed by atoms with Gasteiger partial charge in [0.15, 0.2) is 0 Å². The van der Waals surface area contributed by atoms with Gasteiger partial charge in [0, 0.05) is 25.2 Å². The standard InChI is InChI=1S/C17H21FN2O3S/c1-2-3-4-10-17(21)20-11-6-8-15(13-20)19-24(22,23)16-9-5-7-14(18)12-16/h2-5,7,9-10,12,15,19H,6,8,11,13H2,1H3. The Morgan fingerprint density at radius 3 is 2.88 bits per heavy atom. The number of carbonyl (C=O) groups is 1. The minimum atomic E-state index is -3.81. The summed E-state index contributed by atoms with van der Waals surface area (Å²) in [5.74, 6) is -0.754. The molecule has 1 heterocycles. The molecule has 1 saturated heterocycles. The minimum Gasteiger partial charge on any atom is -0.338 e. The van der Waals surface area contributed by atoms with Crippen molar-refractivity contribution in [3.8, 4) is 0 Å². The van der Waals surface area contributed by atoms with Gasteiger partial charge in [-0.15, -0.1) is 0 Å². The zero-order valence-corrected chi connectivity index (χ0v) is 14.3. The summed E-state index contributed by atoms with van der Waals surface area (Å²) in [7, 11) is -3.81. The number of hydrogen-bond donors (Lipinski definition) is 1. The summed E-state index contributed by atoms with van der Waals surface area (Å²) < 4.78 is 40.5. The van der Waals surface area contributed by atoms with Crippen molar-refractivity contribution < 1.29 is 17.6 Å². The van der Waals surface area contributed by atoms with Crippen LogP contribution in [-0.2, 0) is 14.8 Å². The number of piperidine rings is 1. The van der Waals surface area contributed by atoms with E-state index in [4.69, 9.17) is 0 Å². The van der Waals surface area contributed by atoms with Gasteiger partial charge in [-0.1, -0.05) is 24.3 Å². The molecular formula is C17H21FN2O3S. The lowest BCUT2D eigenvalue weighted by Gasteiger charge is -2.32. The van der Waals surface area contributed by atoms with Gasteiger partial charge in [0.1, 0.15) is 5.82 Å². The van der Waals surface area contributed by atoms with E-state index in [1.807, 2.05) is 13.0 Å². The number of carbonyl (C=O) groups excluding carboxylic acids is 1. The molecule has 1 aliphatic heterocycles. The normalized spacial score (nSPS) is 19.2. The third kappa shape index (κ3) is 5.01. The average Bonchev–Trinajstić information content (AvgIpc) is 2.55. The number of nitrogens with zero attached hydrogens (tertiary/aromatic N) is 1. The van der Waals surface area contributed by atoms with E-state index in [0.29, 0.717) is 25.9 Å². The van der Waals surface area contributed by atoms with Crippen molar-refractivity contribution in [2.24, 2.45) is 0 Å². The van der Waals surface area contributed by atoms with Crippen LogP contribution in [0.5, 0.6) is 0 Å². The monoisotopic (exact) mass is 352 g/mol. The number of amides is 1. The summed E-state index contributed by atoms with van der Waals surface area (Å²) in [6.07, 6.45) is 8.03. The second-order valence-electron chi connectivity index (χ2n) is 5.59. The fourth-order valence-corrected chi connectivity index (χ4v) is 3.84. The van der Waals surface area contributed by atoms with E-state index in [0.717, 1.165) is 6.07 Å². The number of nitrogens with one attached hydrogen (secondary N) is 1. The van der Waals surface area contributed by atoms with E-state index < -0.39 is 15.8 Å². The maximum absolute atomic E-state index is 13.2. The zero-order valence-electron chi connectivity index (χ0n) is 13.5. The molecule has 1 aromatic carbocycles. The number of likely N-dealkylation sites (tertiary alicyclic amines) is 1. The highest BCUT2D eigenvalue weighted by Crippen LogP contribution is 2.16. The molecule has 0 saturated carbocycles. The van der Waals surface area contributed by atoms with Gasteiger partial charge >= 0.3 is 0 Å². The molecule has 1 atom stereocenters. The average molecular weight is 352 g/mol. The Labute approximate surface area is 141 Å². The molecule has 0 bridgehead atoms. The first kappa shape index (κ1) is 18.4. The van der Waals surface area contributed by atoms with E-state index in [1.165, 1.54) is 24.3 Å². The van der Waals surface area contributed by atoms with E-state index in [9.17, 15) is 17.6 Å². The Morgan fingerprint density at radius 1 is 1.38 bits per heavy atom. The summed E-state index contributed by atoms with van der Waals surface area (Å²) in [6, 6.07) is 4.49. The maximum Gasteiger partial charge on any atom is 0.246 e. The van der Waals surface area contributed by atoms with E-state index in [2.05, 4.69) is 4.72 Å². The molecule has 1 N–H and O–H groups in total. The van der Waals surface area contributed by atoms with Gasteiger partial charge in [0.25, 0.3) is 0 Å². The second kappa shape index (κ2) is 8.21. The van der Waals surface area contributed by atoms with Gasteiger partial charge in [0.2, 0.25) is 15.9 Å².